The number of carbonyl (C=O) groups is 1. The van der Waals surface area contributed by atoms with Gasteiger partial charge in [-0.25, -0.2) is 4.98 Å². The van der Waals surface area contributed by atoms with Gasteiger partial charge in [-0.2, -0.15) is 0 Å². The molecule has 2 heterocycles. The lowest BCUT2D eigenvalue weighted by Gasteiger charge is -2.35. The van der Waals surface area contributed by atoms with Crippen molar-refractivity contribution in [2.24, 2.45) is 5.92 Å². The number of nitrogen functional groups attached to an aromatic ring is 1. The van der Waals surface area contributed by atoms with Crippen LogP contribution in [0.5, 0.6) is 0 Å². The third-order valence-electron chi connectivity index (χ3n) is 3.98. The van der Waals surface area contributed by atoms with Crippen molar-refractivity contribution in [3.05, 3.63) is 22.8 Å². The van der Waals surface area contributed by atoms with Gasteiger partial charge in [-0.1, -0.05) is 11.6 Å². The van der Waals surface area contributed by atoms with Crippen LogP contribution >= 0.6 is 11.6 Å². The number of aromatic nitrogens is 1. The first kappa shape index (κ1) is 13.6. The van der Waals surface area contributed by atoms with Crippen molar-refractivity contribution in [2.45, 2.75) is 12.8 Å². The van der Waals surface area contributed by atoms with Gasteiger partial charge >= 0.3 is 0 Å². The van der Waals surface area contributed by atoms with Crippen LogP contribution in [0.3, 0.4) is 0 Å². The molecular formula is C14H19ClN4O. The van der Waals surface area contributed by atoms with Gasteiger partial charge in [0.25, 0.3) is 5.91 Å². The van der Waals surface area contributed by atoms with Gasteiger partial charge in [0.15, 0.2) is 0 Å². The molecule has 2 aliphatic rings. The van der Waals surface area contributed by atoms with Crippen LogP contribution in [0.2, 0.25) is 5.02 Å². The van der Waals surface area contributed by atoms with Gasteiger partial charge in [0, 0.05) is 38.9 Å². The average molecular weight is 295 g/mol. The molecular weight excluding hydrogens is 276 g/mol. The number of amides is 1. The molecule has 108 valence electrons. The van der Waals surface area contributed by atoms with Gasteiger partial charge in [-0.3, -0.25) is 9.69 Å². The van der Waals surface area contributed by atoms with E-state index in [4.69, 9.17) is 17.3 Å². The maximum atomic E-state index is 12.5. The Morgan fingerprint density at radius 2 is 2.05 bits per heavy atom. The second-order valence-electron chi connectivity index (χ2n) is 5.63. The molecule has 1 saturated heterocycles. The Hall–Kier alpha value is -1.33. The van der Waals surface area contributed by atoms with Crippen molar-refractivity contribution in [3.8, 4) is 0 Å². The summed E-state index contributed by atoms with van der Waals surface area (Å²) in [6.45, 7) is 4.58. The maximum Gasteiger partial charge on any atom is 0.255 e. The number of rotatable bonds is 3. The minimum absolute atomic E-state index is 0.0461. The normalized spacial score (nSPS) is 20.1. The first-order valence-electron chi connectivity index (χ1n) is 7.06. The Bertz CT molecular complexity index is 510. The number of piperazine rings is 1. The van der Waals surface area contributed by atoms with Gasteiger partial charge in [0.2, 0.25) is 0 Å². The molecule has 2 fully saturated rings. The smallest absolute Gasteiger partial charge is 0.255 e. The SMILES string of the molecule is Nc1cc(C(=O)N2CCN(CC3CC3)CC2)c(Cl)cn1. The van der Waals surface area contributed by atoms with Crippen molar-refractivity contribution in [2.75, 3.05) is 38.5 Å². The van der Waals surface area contributed by atoms with Crippen LogP contribution in [0.25, 0.3) is 0 Å². The molecule has 0 spiro atoms. The lowest BCUT2D eigenvalue weighted by molar-refractivity contribution is 0.0632. The Kier molecular flexibility index (Phi) is 3.81. The van der Waals surface area contributed by atoms with E-state index in [9.17, 15) is 4.79 Å². The van der Waals surface area contributed by atoms with Crippen LogP contribution in [0.4, 0.5) is 5.82 Å². The molecule has 0 radical (unpaired) electrons. The van der Waals surface area contributed by atoms with Crippen LogP contribution < -0.4 is 5.73 Å². The Morgan fingerprint density at radius 3 is 2.70 bits per heavy atom. The molecule has 0 bridgehead atoms. The van der Waals surface area contributed by atoms with E-state index in [0.29, 0.717) is 16.4 Å². The Labute approximate surface area is 123 Å². The Balaban J connectivity index is 1.61. The molecule has 0 aromatic carbocycles. The maximum absolute atomic E-state index is 12.5. The number of hydrogen-bond acceptors (Lipinski definition) is 4. The fourth-order valence-electron chi connectivity index (χ4n) is 2.59. The highest BCUT2D eigenvalue weighted by molar-refractivity contribution is 6.33. The highest BCUT2D eigenvalue weighted by Gasteiger charge is 2.28. The van der Waals surface area contributed by atoms with Gasteiger partial charge in [-0.05, 0) is 24.8 Å². The average Bonchev–Trinajstić information content (AvgIpc) is 3.26. The molecule has 1 aromatic heterocycles. The lowest BCUT2D eigenvalue weighted by atomic mass is 10.2. The summed E-state index contributed by atoms with van der Waals surface area (Å²) in [5, 5.41) is 0.365. The first-order chi connectivity index (χ1) is 9.63. The molecule has 20 heavy (non-hydrogen) atoms. The number of halogens is 1. The van der Waals surface area contributed by atoms with Gasteiger partial charge in [0.1, 0.15) is 5.82 Å². The molecule has 1 aliphatic heterocycles. The highest BCUT2D eigenvalue weighted by atomic mass is 35.5. The molecule has 6 heteroatoms. The molecule has 0 unspecified atom stereocenters. The van der Waals surface area contributed by atoms with E-state index in [-0.39, 0.29) is 5.91 Å². The first-order valence-corrected chi connectivity index (χ1v) is 7.44. The van der Waals surface area contributed by atoms with E-state index in [1.807, 2.05) is 4.90 Å². The zero-order valence-electron chi connectivity index (χ0n) is 11.4. The third-order valence-corrected chi connectivity index (χ3v) is 4.28. The summed E-state index contributed by atoms with van der Waals surface area (Å²) < 4.78 is 0. The van der Waals surface area contributed by atoms with Crippen molar-refractivity contribution in [3.63, 3.8) is 0 Å². The van der Waals surface area contributed by atoms with E-state index < -0.39 is 0 Å². The quantitative estimate of drug-likeness (QED) is 0.917. The highest BCUT2D eigenvalue weighted by Crippen LogP contribution is 2.30. The van der Waals surface area contributed by atoms with Crippen molar-refractivity contribution in [1.82, 2.24) is 14.8 Å². The zero-order valence-corrected chi connectivity index (χ0v) is 12.1. The van der Waals surface area contributed by atoms with Crippen molar-refractivity contribution in [1.29, 1.82) is 0 Å². The molecule has 1 aliphatic carbocycles. The van der Waals surface area contributed by atoms with E-state index in [0.717, 1.165) is 32.1 Å². The number of hydrogen-bond donors (Lipinski definition) is 1. The van der Waals surface area contributed by atoms with Gasteiger partial charge in [0.05, 0.1) is 10.6 Å². The predicted octanol–water partition coefficient (Wildman–Crippen LogP) is 1.48. The monoisotopic (exact) mass is 294 g/mol. The van der Waals surface area contributed by atoms with E-state index in [1.165, 1.54) is 25.6 Å². The van der Waals surface area contributed by atoms with Crippen LogP contribution in [-0.2, 0) is 0 Å². The topological polar surface area (TPSA) is 62.5 Å². The number of anilines is 1. The number of carbonyl (C=O) groups excluding carboxylic acids is 1. The molecule has 2 N–H and O–H groups in total. The zero-order chi connectivity index (χ0) is 14.1. The van der Waals surface area contributed by atoms with Crippen LogP contribution in [0.1, 0.15) is 23.2 Å². The summed E-state index contributed by atoms with van der Waals surface area (Å²) >= 11 is 6.04. The summed E-state index contributed by atoms with van der Waals surface area (Å²) in [5.41, 5.74) is 6.08. The lowest BCUT2D eigenvalue weighted by Crippen LogP contribution is -2.49. The predicted molar refractivity (Wildman–Crippen MR) is 78.7 cm³/mol. The molecule has 1 saturated carbocycles. The minimum Gasteiger partial charge on any atom is -0.384 e. The van der Waals surface area contributed by atoms with E-state index in [2.05, 4.69) is 9.88 Å². The van der Waals surface area contributed by atoms with Crippen LogP contribution in [0.15, 0.2) is 12.3 Å². The molecule has 1 amide bonds. The second-order valence-corrected chi connectivity index (χ2v) is 6.03. The fraction of sp³-hybridized carbons (Fsp3) is 0.571. The summed E-state index contributed by atoms with van der Waals surface area (Å²) in [6.07, 6.45) is 4.17. The van der Waals surface area contributed by atoms with E-state index >= 15 is 0 Å². The molecule has 3 rings (SSSR count). The molecule has 1 aromatic rings. The summed E-state index contributed by atoms with van der Waals surface area (Å²) in [6, 6.07) is 1.56. The number of nitrogens with zero attached hydrogens (tertiary/aromatic N) is 3. The molecule has 5 nitrogen and oxygen atoms in total. The van der Waals surface area contributed by atoms with Crippen LogP contribution in [-0.4, -0.2) is 53.4 Å². The summed E-state index contributed by atoms with van der Waals surface area (Å²) in [7, 11) is 0. The van der Waals surface area contributed by atoms with Gasteiger partial charge in [-0.15, -0.1) is 0 Å². The number of nitrogens with two attached hydrogens (primary N) is 1. The summed E-state index contributed by atoms with van der Waals surface area (Å²) in [4.78, 5) is 20.6. The van der Waals surface area contributed by atoms with Crippen molar-refractivity contribution >= 4 is 23.3 Å². The summed E-state index contributed by atoms with van der Waals surface area (Å²) in [5.74, 6) is 1.17. The van der Waals surface area contributed by atoms with Crippen molar-refractivity contribution < 1.29 is 4.79 Å². The minimum atomic E-state index is -0.0461. The number of pyridine rings is 1. The Morgan fingerprint density at radius 1 is 1.35 bits per heavy atom. The second kappa shape index (κ2) is 5.58. The third kappa shape index (κ3) is 3.04. The van der Waals surface area contributed by atoms with E-state index in [1.54, 1.807) is 6.07 Å². The van der Waals surface area contributed by atoms with Crippen LogP contribution in [0, 0.1) is 5.92 Å². The fourth-order valence-corrected chi connectivity index (χ4v) is 2.77. The molecule has 0 atom stereocenters. The largest absolute Gasteiger partial charge is 0.384 e. The standard InChI is InChI=1S/C14H19ClN4O/c15-12-8-17-13(16)7-11(12)14(20)19-5-3-18(4-6-19)9-10-1-2-10/h7-8,10H,1-6,9H2,(H2,16,17). The van der Waals surface area contributed by atoms with Gasteiger partial charge < -0.3 is 10.6 Å².